The van der Waals surface area contributed by atoms with Crippen molar-refractivity contribution in [2.45, 2.75) is 25.2 Å². The Hall–Kier alpha value is -4.18. The van der Waals surface area contributed by atoms with E-state index in [1.165, 1.54) is 6.20 Å². The molecule has 0 aliphatic carbocycles. The summed E-state index contributed by atoms with van der Waals surface area (Å²) in [7, 11) is -2.17. The van der Waals surface area contributed by atoms with Crippen LogP contribution in [0, 0.1) is 6.92 Å². The number of sulfone groups is 1. The second-order valence-electron chi connectivity index (χ2n) is 8.27. The van der Waals surface area contributed by atoms with E-state index in [2.05, 4.69) is 15.3 Å². The van der Waals surface area contributed by atoms with Crippen molar-refractivity contribution in [3.05, 3.63) is 95.7 Å². The number of rotatable bonds is 9. The van der Waals surface area contributed by atoms with Crippen molar-refractivity contribution in [1.82, 2.24) is 9.97 Å². The van der Waals surface area contributed by atoms with Crippen LogP contribution in [0.1, 0.15) is 27.4 Å². The highest BCUT2D eigenvalue weighted by atomic mass is 32.2. The molecule has 2 heterocycles. The van der Waals surface area contributed by atoms with Gasteiger partial charge in [0.05, 0.1) is 31.8 Å². The number of carbonyl (C=O) groups is 1. The molecule has 1 amide bonds. The molecule has 4 rings (SSSR count). The Morgan fingerprint density at radius 2 is 1.86 bits per heavy atom. The largest absolute Gasteiger partial charge is 0.497 e. The van der Waals surface area contributed by atoms with E-state index in [1.54, 1.807) is 31.6 Å². The van der Waals surface area contributed by atoms with Crippen molar-refractivity contribution < 1.29 is 22.4 Å². The predicted molar refractivity (Wildman–Crippen MR) is 136 cm³/mol. The fourth-order valence-corrected chi connectivity index (χ4v) is 4.07. The van der Waals surface area contributed by atoms with Crippen molar-refractivity contribution in [2.24, 2.45) is 0 Å². The molecule has 1 N–H and O–H groups in total. The molecular weight excluding hydrogens is 480 g/mol. The zero-order chi connectivity index (χ0) is 25.7. The Labute approximate surface area is 209 Å². The van der Waals surface area contributed by atoms with E-state index in [-0.39, 0.29) is 12.2 Å². The van der Waals surface area contributed by atoms with E-state index < -0.39 is 20.9 Å². The molecule has 186 valence electrons. The van der Waals surface area contributed by atoms with Gasteiger partial charge >= 0.3 is 0 Å². The van der Waals surface area contributed by atoms with E-state index in [9.17, 15) is 13.2 Å². The number of methoxy groups -OCH3 is 1. The standard InChI is InChI=1S/C26H26N4O5S/c1-18-9-11-20(12-10-18)28-25(31)24-23(15-27-26(29-24)36(3,32)33)30(17-22-8-5-13-35-22)16-19-6-4-7-21(14-19)34-2/h4-15H,16-17H2,1-3H3,(H,28,31). The lowest BCUT2D eigenvalue weighted by Gasteiger charge is -2.25. The summed E-state index contributed by atoms with van der Waals surface area (Å²) in [4.78, 5) is 23.5. The molecule has 0 spiro atoms. The van der Waals surface area contributed by atoms with E-state index >= 15 is 0 Å². The SMILES string of the molecule is COc1cccc(CN(Cc2ccco2)c2cnc(S(C)(=O)=O)nc2C(=O)Nc2ccc(C)cc2)c1. The van der Waals surface area contributed by atoms with Gasteiger partial charge in [0.2, 0.25) is 15.0 Å². The van der Waals surface area contributed by atoms with Crippen molar-refractivity contribution in [3.8, 4) is 5.75 Å². The van der Waals surface area contributed by atoms with Crippen LogP contribution in [0.2, 0.25) is 0 Å². The van der Waals surface area contributed by atoms with E-state index in [0.29, 0.717) is 29.4 Å². The molecule has 36 heavy (non-hydrogen) atoms. The third-order valence-corrected chi connectivity index (χ3v) is 6.24. The van der Waals surface area contributed by atoms with Gasteiger partial charge in [-0.25, -0.2) is 18.4 Å². The van der Waals surface area contributed by atoms with Crippen LogP contribution in [0.4, 0.5) is 11.4 Å². The number of furan rings is 1. The number of nitrogens with zero attached hydrogens (tertiary/aromatic N) is 3. The van der Waals surface area contributed by atoms with E-state index in [1.807, 2.05) is 54.3 Å². The number of benzene rings is 2. The number of hydrogen-bond acceptors (Lipinski definition) is 8. The summed E-state index contributed by atoms with van der Waals surface area (Å²) in [5, 5.41) is 2.38. The highest BCUT2D eigenvalue weighted by Gasteiger charge is 2.24. The molecule has 0 fully saturated rings. The van der Waals surface area contributed by atoms with Gasteiger partial charge < -0.3 is 19.4 Å². The van der Waals surface area contributed by atoms with Crippen LogP contribution in [0.5, 0.6) is 5.75 Å². The van der Waals surface area contributed by atoms with Crippen LogP contribution < -0.4 is 15.0 Å². The molecule has 0 aliphatic heterocycles. The highest BCUT2D eigenvalue weighted by Crippen LogP contribution is 2.26. The Morgan fingerprint density at radius 3 is 2.53 bits per heavy atom. The molecule has 2 aromatic heterocycles. The first kappa shape index (κ1) is 24.9. The Kier molecular flexibility index (Phi) is 7.35. The molecule has 2 aromatic carbocycles. The maximum absolute atomic E-state index is 13.4. The minimum absolute atomic E-state index is 0.0690. The van der Waals surface area contributed by atoms with Gasteiger partial charge in [-0.15, -0.1) is 0 Å². The fourth-order valence-electron chi connectivity index (χ4n) is 3.57. The molecule has 9 nitrogen and oxygen atoms in total. The van der Waals surface area contributed by atoms with Gasteiger partial charge in [0.1, 0.15) is 11.5 Å². The summed E-state index contributed by atoms with van der Waals surface area (Å²) < 4.78 is 35.3. The first-order valence-corrected chi connectivity index (χ1v) is 13.0. The number of carbonyl (C=O) groups excluding carboxylic acids is 1. The lowest BCUT2D eigenvalue weighted by molar-refractivity contribution is 0.102. The van der Waals surface area contributed by atoms with Gasteiger partial charge in [-0.3, -0.25) is 4.79 Å². The quantitative estimate of drug-likeness (QED) is 0.335. The Morgan fingerprint density at radius 1 is 1.08 bits per heavy atom. The molecule has 0 aliphatic rings. The zero-order valence-electron chi connectivity index (χ0n) is 20.1. The monoisotopic (exact) mass is 506 g/mol. The third kappa shape index (κ3) is 6.08. The van der Waals surface area contributed by atoms with Gasteiger partial charge in [-0.2, -0.15) is 0 Å². The average Bonchev–Trinajstić information content (AvgIpc) is 3.37. The van der Waals surface area contributed by atoms with Crippen LogP contribution in [0.15, 0.2) is 82.7 Å². The van der Waals surface area contributed by atoms with Gasteiger partial charge in [-0.05, 0) is 48.9 Å². The highest BCUT2D eigenvalue weighted by molar-refractivity contribution is 7.90. The molecule has 4 aromatic rings. The second-order valence-corrected chi connectivity index (χ2v) is 10.2. The third-order valence-electron chi connectivity index (χ3n) is 5.38. The lowest BCUT2D eigenvalue weighted by atomic mass is 10.1. The molecule has 10 heteroatoms. The van der Waals surface area contributed by atoms with Gasteiger partial charge in [0.15, 0.2) is 5.69 Å². The van der Waals surface area contributed by atoms with Crippen LogP contribution >= 0.6 is 0 Å². The Bertz CT molecular complexity index is 1450. The topological polar surface area (TPSA) is 115 Å². The van der Waals surface area contributed by atoms with Crippen molar-refractivity contribution >= 4 is 27.1 Å². The summed E-state index contributed by atoms with van der Waals surface area (Å²) >= 11 is 0. The lowest BCUT2D eigenvalue weighted by Crippen LogP contribution is -2.27. The number of anilines is 2. The number of hydrogen-bond donors (Lipinski definition) is 1. The first-order chi connectivity index (χ1) is 17.2. The average molecular weight is 507 g/mol. The summed E-state index contributed by atoms with van der Waals surface area (Å²) in [5.74, 6) is 0.776. The molecule has 0 unspecified atom stereocenters. The maximum atomic E-state index is 13.4. The number of amides is 1. The molecule has 0 saturated heterocycles. The van der Waals surface area contributed by atoms with E-state index in [0.717, 1.165) is 17.4 Å². The van der Waals surface area contributed by atoms with Crippen LogP contribution in [-0.2, 0) is 22.9 Å². The van der Waals surface area contributed by atoms with Crippen molar-refractivity contribution in [1.29, 1.82) is 0 Å². The van der Waals surface area contributed by atoms with Crippen LogP contribution in [-0.4, -0.2) is 37.7 Å². The minimum Gasteiger partial charge on any atom is -0.497 e. The Balaban J connectivity index is 1.78. The predicted octanol–water partition coefficient (Wildman–Crippen LogP) is 4.25. The first-order valence-electron chi connectivity index (χ1n) is 11.1. The van der Waals surface area contributed by atoms with Gasteiger partial charge in [-0.1, -0.05) is 29.8 Å². The second kappa shape index (κ2) is 10.6. The van der Waals surface area contributed by atoms with Crippen molar-refractivity contribution in [2.75, 3.05) is 23.6 Å². The molecule has 0 radical (unpaired) electrons. The maximum Gasteiger partial charge on any atom is 0.276 e. The van der Waals surface area contributed by atoms with Gasteiger partial charge in [0.25, 0.3) is 5.91 Å². The molecular formula is C26H26N4O5S. The molecule has 0 atom stereocenters. The number of nitrogens with one attached hydrogen (secondary N) is 1. The number of ether oxygens (including phenoxy) is 1. The molecule has 0 bridgehead atoms. The van der Waals surface area contributed by atoms with Crippen molar-refractivity contribution in [3.63, 3.8) is 0 Å². The fraction of sp³-hybridized carbons (Fsp3) is 0.192. The molecule has 0 saturated carbocycles. The summed E-state index contributed by atoms with van der Waals surface area (Å²) in [5.41, 5.74) is 2.78. The number of aryl methyl sites for hydroxylation is 1. The summed E-state index contributed by atoms with van der Waals surface area (Å²) in [6.45, 7) is 2.58. The normalized spacial score (nSPS) is 11.2. The van der Waals surface area contributed by atoms with E-state index in [4.69, 9.17) is 9.15 Å². The summed E-state index contributed by atoms with van der Waals surface area (Å²) in [6.07, 6.45) is 3.92. The summed E-state index contributed by atoms with van der Waals surface area (Å²) in [6, 6.07) is 18.4. The smallest absolute Gasteiger partial charge is 0.276 e. The van der Waals surface area contributed by atoms with Crippen LogP contribution in [0.25, 0.3) is 0 Å². The number of aromatic nitrogens is 2. The van der Waals surface area contributed by atoms with Gasteiger partial charge in [0, 0.05) is 18.5 Å². The zero-order valence-corrected chi connectivity index (χ0v) is 21.0. The van der Waals surface area contributed by atoms with Crippen LogP contribution in [0.3, 0.4) is 0 Å². The minimum atomic E-state index is -3.75.